The Morgan fingerprint density at radius 3 is 2.52 bits per heavy atom. The average molecular weight is 369 g/mol. The number of hydrogen-bond acceptors (Lipinski definition) is 3. The van der Waals surface area contributed by atoms with Crippen molar-refractivity contribution in [1.29, 1.82) is 0 Å². The molecule has 142 valence electrons. The molecular formula is C21H24FN3O2. The minimum absolute atomic E-state index is 0.0128. The highest BCUT2D eigenvalue weighted by Gasteiger charge is 2.27. The smallest absolute Gasteiger partial charge is 0.253 e. The van der Waals surface area contributed by atoms with Crippen molar-refractivity contribution in [3.63, 3.8) is 0 Å². The van der Waals surface area contributed by atoms with Crippen LogP contribution in [0.25, 0.3) is 0 Å². The molecule has 0 bridgehead atoms. The van der Waals surface area contributed by atoms with Crippen LogP contribution < -0.4 is 5.32 Å². The van der Waals surface area contributed by atoms with Gasteiger partial charge in [-0.2, -0.15) is 0 Å². The van der Waals surface area contributed by atoms with Crippen LogP contribution >= 0.6 is 0 Å². The summed E-state index contributed by atoms with van der Waals surface area (Å²) in [5.74, 6) is -0.254. The Balaban J connectivity index is 1.38. The van der Waals surface area contributed by atoms with E-state index in [1.54, 1.807) is 41.6 Å². The van der Waals surface area contributed by atoms with Crippen LogP contribution in [0.4, 0.5) is 4.39 Å². The van der Waals surface area contributed by atoms with Gasteiger partial charge in [0.25, 0.3) is 5.91 Å². The van der Waals surface area contributed by atoms with E-state index in [-0.39, 0.29) is 23.5 Å². The molecule has 6 heteroatoms. The van der Waals surface area contributed by atoms with Gasteiger partial charge in [0, 0.05) is 43.5 Å². The number of benzene rings is 1. The van der Waals surface area contributed by atoms with Crippen LogP contribution in [0.15, 0.2) is 48.8 Å². The highest BCUT2D eigenvalue weighted by Crippen LogP contribution is 2.19. The predicted molar refractivity (Wildman–Crippen MR) is 101 cm³/mol. The number of aryl methyl sites for hydroxylation is 1. The second-order valence-corrected chi connectivity index (χ2v) is 6.79. The van der Waals surface area contributed by atoms with Crippen LogP contribution in [-0.2, 0) is 11.2 Å². The quantitative estimate of drug-likeness (QED) is 0.797. The molecule has 0 aliphatic carbocycles. The van der Waals surface area contributed by atoms with Gasteiger partial charge in [-0.3, -0.25) is 14.6 Å². The fraction of sp³-hybridized carbons (Fsp3) is 0.381. The SMILES string of the molecule is O=C(NCCCc1ccccc1F)C1CCN(C(=O)c2ccncc2)CC1. The fourth-order valence-electron chi connectivity index (χ4n) is 3.36. The summed E-state index contributed by atoms with van der Waals surface area (Å²) in [5.41, 5.74) is 1.30. The topological polar surface area (TPSA) is 62.3 Å². The number of nitrogens with one attached hydrogen (secondary N) is 1. The second-order valence-electron chi connectivity index (χ2n) is 6.79. The van der Waals surface area contributed by atoms with Gasteiger partial charge in [-0.1, -0.05) is 18.2 Å². The summed E-state index contributed by atoms with van der Waals surface area (Å²) in [5, 5.41) is 2.94. The van der Waals surface area contributed by atoms with Gasteiger partial charge in [0.15, 0.2) is 0 Å². The molecule has 1 fully saturated rings. The third kappa shape index (κ3) is 5.12. The van der Waals surface area contributed by atoms with E-state index < -0.39 is 0 Å². The van der Waals surface area contributed by atoms with Gasteiger partial charge < -0.3 is 10.2 Å². The molecule has 1 saturated heterocycles. The maximum atomic E-state index is 13.6. The number of carbonyl (C=O) groups excluding carboxylic acids is 2. The number of aromatic nitrogens is 1. The van der Waals surface area contributed by atoms with E-state index in [0.717, 1.165) is 0 Å². The molecule has 1 aliphatic heterocycles. The summed E-state index contributed by atoms with van der Waals surface area (Å²) >= 11 is 0. The number of likely N-dealkylation sites (tertiary alicyclic amines) is 1. The molecule has 0 radical (unpaired) electrons. The lowest BCUT2D eigenvalue weighted by Gasteiger charge is -2.31. The Labute approximate surface area is 158 Å². The summed E-state index contributed by atoms with van der Waals surface area (Å²) in [6.45, 7) is 1.69. The Hall–Kier alpha value is -2.76. The molecule has 0 unspecified atom stereocenters. The molecule has 27 heavy (non-hydrogen) atoms. The van der Waals surface area contributed by atoms with Crippen molar-refractivity contribution in [3.05, 3.63) is 65.7 Å². The molecule has 0 saturated carbocycles. The molecule has 1 aromatic carbocycles. The maximum absolute atomic E-state index is 13.6. The van der Waals surface area contributed by atoms with Gasteiger partial charge >= 0.3 is 0 Å². The number of rotatable bonds is 6. The van der Waals surface area contributed by atoms with Gasteiger partial charge in [-0.25, -0.2) is 4.39 Å². The summed E-state index contributed by atoms with van der Waals surface area (Å²) in [6.07, 6.45) is 5.84. The van der Waals surface area contributed by atoms with Crippen LogP contribution in [0.3, 0.4) is 0 Å². The van der Waals surface area contributed by atoms with Crippen molar-refractivity contribution in [2.75, 3.05) is 19.6 Å². The van der Waals surface area contributed by atoms with E-state index in [1.165, 1.54) is 6.07 Å². The number of amides is 2. The van der Waals surface area contributed by atoms with Crippen molar-refractivity contribution in [2.24, 2.45) is 5.92 Å². The van der Waals surface area contributed by atoms with Crippen LogP contribution in [-0.4, -0.2) is 41.3 Å². The highest BCUT2D eigenvalue weighted by atomic mass is 19.1. The number of piperidine rings is 1. The van der Waals surface area contributed by atoms with Crippen molar-refractivity contribution in [1.82, 2.24) is 15.2 Å². The molecular weight excluding hydrogens is 345 g/mol. The first-order chi connectivity index (χ1) is 13.1. The zero-order valence-corrected chi connectivity index (χ0v) is 15.2. The lowest BCUT2D eigenvalue weighted by Crippen LogP contribution is -2.43. The molecule has 3 rings (SSSR count). The van der Waals surface area contributed by atoms with E-state index >= 15 is 0 Å². The average Bonchev–Trinajstić information content (AvgIpc) is 2.72. The third-order valence-corrected chi connectivity index (χ3v) is 4.96. The van der Waals surface area contributed by atoms with Crippen LogP contribution in [0, 0.1) is 11.7 Å². The summed E-state index contributed by atoms with van der Waals surface area (Å²) in [4.78, 5) is 30.5. The first-order valence-electron chi connectivity index (χ1n) is 9.35. The molecule has 2 amide bonds. The third-order valence-electron chi connectivity index (χ3n) is 4.96. The molecule has 2 heterocycles. The first-order valence-corrected chi connectivity index (χ1v) is 9.35. The molecule has 0 atom stereocenters. The standard InChI is InChI=1S/C21H24FN3O2/c22-19-6-2-1-4-16(19)5-3-11-24-20(26)17-9-14-25(15-10-17)21(27)18-7-12-23-13-8-18/h1-2,4,6-8,12-13,17H,3,5,9-11,14-15H2,(H,24,26). The largest absolute Gasteiger partial charge is 0.356 e. The normalized spacial score (nSPS) is 14.8. The molecule has 1 aliphatic rings. The summed E-state index contributed by atoms with van der Waals surface area (Å²) in [7, 11) is 0. The zero-order valence-electron chi connectivity index (χ0n) is 15.2. The molecule has 1 aromatic heterocycles. The van der Waals surface area contributed by atoms with Gasteiger partial charge in [0.2, 0.25) is 5.91 Å². The number of carbonyl (C=O) groups is 2. The van der Waals surface area contributed by atoms with E-state index in [9.17, 15) is 14.0 Å². The Morgan fingerprint density at radius 2 is 1.81 bits per heavy atom. The van der Waals surface area contributed by atoms with E-state index in [2.05, 4.69) is 10.3 Å². The minimum Gasteiger partial charge on any atom is -0.356 e. The molecule has 5 nitrogen and oxygen atoms in total. The van der Waals surface area contributed by atoms with E-state index in [4.69, 9.17) is 0 Å². The van der Waals surface area contributed by atoms with Crippen molar-refractivity contribution in [2.45, 2.75) is 25.7 Å². The second kappa shape index (κ2) is 9.26. The molecule has 2 aromatic rings. The predicted octanol–water partition coefficient (Wildman–Crippen LogP) is 2.82. The molecule has 1 N–H and O–H groups in total. The Kier molecular flexibility index (Phi) is 6.52. The fourth-order valence-corrected chi connectivity index (χ4v) is 3.36. The van der Waals surface area contributed by atoms with Crippen LogP contribution in [0.5, 0.6) is 0 Å². The summed E-state index contributed by atoms with van der Waals surface area (Å²) in [6, 6.07) is 10.1. The Bertz CT molecular complexity index is 774. The number of halogens is 1. The van der Waals surface area contributed by atoms with Gasteiger partial charge in [0.1, 0.15) is 5.82 Å². The van der Waals surface area contributed by atoms with E-state index in [1.807, 2.05) is 6.07 Å². The van der Waals surface area contributed by atoms with E-state index in [0.29, 0.717) is 56.4 Å². The van der Waals surface area contributed by atoms with Crippen molar-refractivity contribution >= 4 is 11.8 Å². The van der Waals surface area contributed by atoms with Crippen molar-refractivity contribution in [3.8, 4) is 0 Å². The number of hydrogen-bond donors (Lipinski definition) is 1. The van der Waals surface area contributed by atoms with Gasteiger partial charge in [0.05, 0.1) is 0 Å². The molecule has 0 spiro atoms. The lowest BCUT2D eigenvalue weighted by molar-refractivity contribution is -0.126. The van der Waals surface area contributed by atoms with Crippen LogP contribution in [0.1, 0.15) is 35.2 Å². The summed E-state index contributed by atoms with van der Waals surface area (Å²) < 4.78 is 13.6. The maximum Gasteiger partial charge on any atom is 0.253 e. The number of nitrogens with zero attached hydrogens (tertiary/aromatic N) is 2. The van der Waals surface area contributed by atoms with Crippen molar-refractivity contribution < 1.29 is 14.0 Å². The highest BCUT2D eigenvalue weighted by molar-refractivity contribution is 5.94. The van der Waals surface area contributed by atoms with Gasteiger partial charge in [-0.05, 0) is 49.4 Å². The van der Waals surface area contributed by atoms with Gasteiger partial charge in [-0.15, -0.1) is 0 Å². The van der Waals surface area contributed by atoms with Crippen LogP contribution in [0.2, 0.25) is 0 Å². The number of pyridine rings is 1. The Morgan fingerprint density at radius 1 is 1.11 bits per heavy atom. The zero-order chi connectivity index (χ0) is 19.1. The monoisotopic (exact) mass is 369 g/mol. The minimum atomic E-state index is -0.199. The lowest BCUT2D eigenvalue weighted by atomic mass is 9.95. The first kappa shape index (κ1) is 19.0.